The molecule has 0 saturated carbocycles. The molecule has 0 saturated heterocycles. The van der Waals surface area contributed by atoms with Gasteiger partial charge in [0.15, 0.2) is 0 Å². The van der Waals surface area contributed by atoms with Crippen LogP contribution in [0.4, 0.5) is 15.8 Å². The number of hydrogen-bond acceptors (Lipinski definition) is 4. The lowest BCUT2D eigenvalue weighted by atomic mass is 10.2. The second kappa shape index (κ2) is 5.31. The maximum Gasteiger partial charge on any atom is 0.267 e. The van der Waals surface area contributed by atoms with Crippen molar-refractivity contribution in [2.45, 2.75) is 0 Å². The monoisotopic (exact) mass is 321 g/mol. The van der Waals surface area contributed by atoms with Crippen molar-refractivity contribution in [3.8, 4) is 0 Å². The summed E-state index contributed by atoms with van der Waals surface area (Å²) in [5.74, 6) is -0.944. The first-order valence-electron chi connectivity index (χ1n) is 5.95. The number of carbonyl (C=O) groups is 1. The summed E-state index contributed by atoms with van der Waals surface area (Å²) < 4.78 is 13.3. The molecule has 0 aliphatic heterocycles. The Morgan fingerprint density at radius 2 is 2.19 bits per heavy atom. The van der Waals surface area contributed by atoms with E-state index in [0.29, 0.717) is 15.4 Å². The standard InChI is InChI=1S/C14H9ClFN3OS/c15-7-4-8(16)6-9(5-7)19-13(20)12-11(17)10-2-1-3-18-14(10)21-12/h1-6H,17H2,(H,19,20). The number of nitrogens with one attached hydrogen (secondary N) is 1. The molecule has 0 unspecified atom stereocenters. The number of fused-ring (bicyclic) bond motifs is 1. The van der Waals surface area contributed by atoms with Crippen LogP contribution in [0.25, 0.3) is 10.2 Å². The molecule has 2 aromatic heterocycles. The van der Waals surface area contributed by atoms with Gasteiger partial charge >= 0.3 is 0 Å². The number of nitrogens with zero attached hydrogens (tertiary/aromatic N) is 1. The molecule has 0 bridgehead atoms. The molecule has 2 heterocycles. The van der Waals surface area contributed by atoms with E-state index in [1.807, 2.05) is 0 Å². The third kappa shape index (κ3) is 2.68. The van der Waals surface area contributed by atoms with E-state index in [9.17, 15) is 9.18 Å². The molecule has 0 atom stereocenters. The van der Waals surface area contributed by atoms with Gasteiger partial charge in [-0.25, -0.2) is 9.37 Å². The van der Waals surface area contributed by atoms with Crippen molar-refractivity contribution in [1.82, 2.24) is 4.98 Å². The number of halogens is 2. The van der Waals surface area contributed by atoms with Crippen LogP contribution in [0, 0.1) is 5.82 Å². The van der Waals surface area contributed by atoms with Crippen molar-refractivity contribution in [2.24, 2.45) is 0 Å². The lowest BCUT2D eigenvalue weighted by Crippen LogP contribution is -2.12. The summed E-state index contributed by atoms with van der Waals surface area (Å²) in [6, 6.07) is 7.36. The average Bonchev–Trinajstić information content (AvgIpc) is 2.76. The smallest absolute Gasteiger partial charge is 0.267 e. The summed E-state index contributed by atoms with van der Waals surface area (Å²) in [5, 5.41) is 3.51. The first kappa shape index (κ1) is 13.8. The van der Waals surface area contributed by atoms with Crippen molar-refractivity contribution in [3.63, 3.8) is 0 Å². The van der Waals surface area contributed by atoms with Crippen LogP contribution in [0.1, 0.15) is 9.67 Å². The number of amides is 1. The third-order valence-electron chi connectivity index (χ3n) is 2.83. The van der Waals surface area contributed by atoms with Gasteiger partial charge in [-0.15, -0.1) is 11.3 Å². The zero-order valence-electron chi connectivity index (χ0n) is 10.6. The zero-order valence-corrected chi connectivity index (χ0v) is 12.1. The van der Waals surface area contributed by atoms with Gasteiger partial charge in [0.2, 0.25) is 0 Å². The first-order chi connectivity index (χ1) is 10.0. The van der Waals surface area contributed by atoms with E-state index in [1.54, 1.807) is 18.3 Å². The number of nitrogens with two attached hydrogens (primary N) is 1. The summed E-state index contributed by atoms with van der Waals surface area (Å²) >= 11 is 6.94. The van der Waals surface area contributed by atoms with E-state index >= 15 is 0 Å². The Kier molecular flexibility index (Phi) is 3.48. The fourth-order valence-corrected chi connectivity index (χ4v) is 3.11. The van der Waals surface area contributed by atoms with Gasteiger partial charge in [-0.3, -0.25) is 4.79 Å². The highest BCUT2D eigenvalue weighted by Crippen LogP contribution is 2.32. The van der Waals surface area contributed by atoms with E-state index in [-0.39, 0.29) is 10.7 Å². The molecule has 0 fully saturated rings. The maximum atomic E-state index is 13.3. The predicted octanol–water partition coefficient (Wildman–Crippen LogP) is 3.92. The van der Waals surface area contributed by atoms with Crippen LogP contribution < -0.4 is 11.1 Å². The van der Waals surface area contributed by atoms with Gasteiger partial charge in [0.25, 0.3) is 5.91 Å². The highest BCUT2D eigenvalue weighted by Gasteiger charge is 2.17. The first-order valence-corrected chi connectivity index (χ1v) is 7.14. The van der Waals surface area contributed by atoms with E-state index in [4.69, 9.17) is 17.3 Å². The van der Waals surface area contributed by atoms with Gasteiger partial charge in [0, 0.05) is 22.3 Å². The Balaban J connectivity index is 1.95. The Bertz CT molecular complexity index is 829. The minimum absolute atomic E-state index is 0.205. The van der Waals surface area contributed by atoms with Crippen LogP contribution in [-0.4, -0.2) is 10.9 Å². The van der Waals surface area contributed by atoms with Gasteiger partial charge in [-0.1, -0.05) is 11.6 Å². The van der Waals surface area contributed by atoms with Crippen LogP contribution in [0.15, 0.2) is 36.5 Å². The minimum atomic E-state index is -0.524. The largest absolute Gasteiger partial charge is 0.397 e. The number of aromatic nitrogens is 1. The fourth-order valence-electron chi connectivity index (χ4n) is 1.93. The molecule has 0 spiro atoms. The third-order valence-corrected chi connectivity index (χ3v) is 4.18. The number of benzene rings is 1. The molecule has 0 radical (unpaired) electrons. The fraction of sp³-hybridized carbons (Fsp3) is 0. The van der Waals surface area contributed by atoms with E-state index < -0.39 is 11.7 Å². The molecule has 4 nitrogen and oxygen atoms in total. The number of carbonyl (C=O) groups excluding carboxylic acids is 1. The van der Waals surface area contributed by atoms with Crippen molar-refractivity contribution in [3.05, 3.63) is 52.2 Å². The Morgan fingerprint density at radius 1 is 1.38 bits per heavy atom. The van der Waals surface area contributed by atoms with Crippen LogP contribution in [-0.2, 0) is 0 Å². The molecule has 3 aromatic rings. The molecule has 1 amide bonds. The number of rotatable bonds is 2. The summed E-state index contributed by atoms with van der Waals surface area (Å²) in [6.45, 7) is 0. The quantitative estimate of drug-likeness (QED) is 0.751. The van der Waals surface area contributed by atoms with Gasteiger partial charge < -0.3 is 11.1 Å². The number of thiophene rings is 1. The van der Waals surface area contributed by atoms with Crippen molar-refractivity contribution in [2.75, 3.05) is 11.1 Å². The summed E-state index contributed by atoms with van der Waals surface area (Å²) in [5.41, 5.74) is 6.60. The summed E-state index contributed by atoms with van der Waals surface area (Å²) in [6.07, 6.45) is 1.63. The van der Waals surface area contributed by atoms with Crippen molar-refractivity contribution >= 4 is 50.4 Å². The van der Waals surface area contributed by atoms with Crippen LogP contribution >= 0.6 is 22.9 Å². The normalized spacial score (nSPS) is 10.8. The average molecular weight is 322 g/mol. The zero-order chi connectivity index (χ0) is 15.0. The Hall–Kier alpha value is -2.18. The number of anilines is 2. The molecule has 0 aliphatic rings. The van der Waals surface area contributed by atoms with E-state index in [1.165, 1.54) is 23.5 Å². The Morgan fingerprint density at radius 3 is 2.90 bits per heavy atom. The van der Waals surface area contributed by atoms with Crippen LogP contribution in [0.5, 0.6) is 0 Å². The second-order valence-corrected chi connectivity index (χ2v) is 5.75. The summed E-state index contributed by atoms with van der Waals surface area (Å²) in [7, 11) is 0. The maximum absolute atomic E-state index is 13.3. The highest BCUT2D eigenvalue weighted by atomic mass is 35.5. The molecule has 7 heteroatoms. The SMILES string of the molecule is Nc1c(C(=O)Nc2cc(F)cc(Cl)c2)sc2ncccc12. The molecule has 21 heavy (non-hydrogen) atoms. The molecule has 3 N–H and O–H groups in total. The van der Waals surface area contributed by atoms with Gasteiger partial charge in [-0.2, -0.15) is 0 Å². The predicted molar refractivity (Wildman–Crippen MR) is 83.4 cm³/mol. The van der Waals surface area contributed by atoms with Crippen molar-refractivity contribution < 1.29 is 9.18 Å². The molecule has 106 valence electrons. The van der Waals surface area contributed by atoms with Crippen LogP contribution in [0.3, 0.4) is 0 Å². The van der Waals surface area contributed by atoms with Gasteiger partial charge in [0.1, 0.15) is 15.5 Å². The van der Waals surface area contributed by atoms with Crippen molar-refractivity contribution in [1.29, 1.82) is 0 Å². The van der Waals surface area contributed by atoms with Gasteiger partial charge in [0.05, 0.1) is 5.69 Å². The topological polar surface area (TPSA) is 68.0 Å². The molecule has 1 aromatic carbocycles. The van der Waals surface area contributed by atoms with E-state index in [0.717, 1.165) is 11.5 Å². The van der Waals surface area contributed by atoms with Crippen LogP contribution in [0.2, 0.25) is 5.02 Å². The molecule has 0 aliphatic carbocycles. The van der Waals surface area contributed by atoms with Gasteiger partial charge in [-0.05, 0) is 30.3 Å². The molecular formula is C14H9ClFN3OS. The summed E-state index contributed by atoms with van der Waals surface area (Å²) in [4.78, 5) is 17.4. The van der Waals surface area contributed by atoms with E-state index in [2.05, 4.69) is 10.3 Å². The molecular weight excluding hydrogens is 313 g/mol. The number of nitrogen functional groups attached to an aromatic ring is 1. The highest BCUT2D eigenvalue weighted by molar-refractivity contribution is 7.21. The number of pyridine rings is 1. The second-order valence-electron chi connectivity index (χ2n) is 4.31. The Labute approximate surface area is 128 Å². The minimum Gasteiger partial charge on any atom is -0.397 e. The number of hydrogen-bond donors (Lipinski definition) is 2. The lowest BCUT2D eigenvalue weighted by molar-refractivity contribution is 0.103. The lowest BCUT2D eigenvalue weighted by Gasteiger charge is -2.05. The molecule has 3 rings (SSSR count).